The minimum Gasteiger partial charge on any atom is -0.467 e. The molecule has 0 saturated heterocycles. The molecule has 0 aromatic rings. The Balaban J connectivity index is 3.99. The Bertz CT molecular complexity index is 267. The van der Waals surface area contributed by atoms with E-state index in [1.807, 2.05) is 13.8 Å². The molecule has 1 unspecified atom stereocenters. The van der Waals surface area contributed by atoms with Gasteiger partial charge in [0.2, 0.25) is 5.91 Å². The first kappa shape index (κ1) is 17.9. The maximum atomic E-state index is 11.7. The van der Waals surface area contributed by atoms with Crippen LogP contribution in [0, 0.1) is 5.92 Å². The van der Waals surface area contributed by atoms with Crippen molar-refractivity contribution in [1.82, 2.24) is 5.32 Å². The number of nitrogens with one attached hydrogen (secondary N) is 1. The van der Waals surface area contributed by atoms with Gasteiger partial charge < -0.3 is 15.8 Å². The molecule has 112 valence electrons. The topological polar surface area (TPSA) is 81.4 Å². The lowest BCUT2D eigenvalue weighted by molar-refractivity contribution is -0.145. The largest absolute Gasteiger partial charge is 0.467 e. The van der Waals surface area contributed by atoms with Crippen LogP contribution in [0.15, 0.2) is 0 Å². The van der Waals surface area contributed by atoms with Crippen molar-refractivity contribution in [3.63, 3.8) is 0 Å². The molecule has 0 radical (unpaired) electrons. The maximum absolute atomic E-state index is 11.7. The average molecular weight is 272 g/mol. The van der Waals surface area contributed by atoms with Gasteiger partial charge in [0.25, 0.3) is 0 Å². The molecule has 0 aliphatic rings. The minimum absolute atomic E-state index is 0.0798. The molecule has 1 amide bonds. The van der Waals surface area contributed by atoms with E-state index < -0.39 is 6.04 Å². The van der Waals surface area contributed by atoms with Crippen molar-refractivity contribution in [2.75, 3.05) is 13.7 Å². The summed E-state index contributed by atoms with van der Waals surface area (Å²) in [7, 11) is 1.34. The molecule has 0 spiro atoms. The molecule has 0 fully saturated rings. The summed E-state index contributed by atoms with van der Waals surface area (Å²) < 4.78 is 4.70. The fourth-order valence-electron chi connectivity index (χ4n) is 1.88. The molecule has 0 rings (SSSR count). The number of nitrogens with two attached hydrogens (primary N) is 1. The van der Waals surface area contributed by atoms with E-state index in [2.05, 4.69) is 5.32 Å². The van der Waals surface area contributed by atoms with Gasteiger partial charge in [-0.15, -0.1) is 0 Å². The Labute approximate surface area is 116 Å². The predicted molar refractivity (Wildman–Crippen MR) is 75.5 cm³/mol. The van der Waals surface area contributed by atoms with E-state index in [1.54, 1.807) is 0 Å². The van der Waals surface area contributed by atoms with Gasteiger partial charge in [-0.1, -0.05) is 26.7 Å². The quantitative estimate of drug-likeness (QED) is 0.467. The second-order valence-electron chi connectivity index (χ2n) is 5.23. The van der Waals surface area contributed by atoms with Crippen LogP contribution in [0.25, 0.3) is 0 Å². The summed E-state index contributed by atoms with van der Waals surface area (Å²) >= 11 is 0. The highest BCUT2D eigenvalue weighted by Gasteiger charge is 2.22. The molecular formula is C14H28N2O3. The number of carbonyl (C=O) groups excluding carboxylic acids is 2. The van der Waals surface area contributed by atoms with Crippen LogP contribution in [-0.2, 0) is 14.3 Å². The molecule has 0 bridgehead atoms. The monoisotopic (exact) mass is 272 g/mol. The van der Waals surface area contributed by atoms with E-state index in [-0.39, 0.29) is 11.9 Å². The number of ether oxygens (including phenoxy) is 1. The summed E-state index contributed by atoms with van der Waals surface area (Å²) in [6, 6.07) is -0.526. The van der Waals surface area contributed by atoms with Gasteiger partial charge >= 0.3 is 5.97 Å². The third kappa shape index (κ3) is 9.47. The van der Waals surface area contributed by atoms with Crippen molar-refractivity contribution < 1.29 is 14.3 Å². The standard InChI is InChI=1S/C14H28N2O3/c1-11(2)10-12(14(18)19-3)16-13(17)8-6-4-5-7-9-15/h11-12H,4-10,15H2,1-3H3,(H,16,17). The van der Waals surface area contributed by atoms with Crippen molar-refractivity contribution in [2.45, 2.75) is 58.4 Å². The number of rotatable bonds is 10. The Morgan fingerprint density at radius 2 is 1.79 bits per heavy atom. The molecule has 0 saturated carbocycles. The molecule has 0 aromatic carbocycles. The van der Waals surface area contributed by atoms with Crippen LogP contribution in [0.4, 0.5) is 0 Å². The van der Waals surface area contributed by atoms with Gasteiger partial charge in [-0.05, 0) is 31.7 Å². The molecule has 5 nitrogen and oxygen atoms in total. The number of methoxy groups -OCH3 is 1. The first-order valence-corrected chi connectivity index (χ1v) is 7.08. The van der Waals surface area contributed by atoms with Gasteiger partial charge in [0.15, 0.2) is 0 Å². The number of amides is 1. The molecule has 3 N–H and O–H groups in total. The van der Waals surface area contributed by atoms with Gasteiger partial charge in [0.1, 0.15) is 6.04 Å². The highest BCUT2D eigenvalue weighted by Crippen LogP contribution is 2.08. The minimum atomic E-state index is -0.526. The Hall–Kier alpha value is -1.10. The summed E-state index contributed by atoms with van der Waals surface area (Å²) in [4.78, 5) is 23.3. The molecule has 1 atom stereocenters. The van der Waals surface area contributed by atoms with E-state index in [0.29, 0.717) is 25.3 Å². The van der Waals surface area contributed by atoms with E-state index in [0.717, 1.165) is 25.7 Å². The number of esters is 1. The van der Waals surface area contributed by atoms with E-state index in [1.165, 1.54) is 7.11 Å². The summed E-state index contributed by atoms with van der Waals surface area (Å²) in [6.07, 6.45) is 4.94. The lowest BCUT2D eigenvalue weighted by atomic mass is 10.0. The van der Waals surface area contributed by atoms with Gasteiger partial charge in [-0.2, -0.15) is 0 Å². The van der Waals surface area contributed by atoms with Crippen molar-refractivity contribution >= 4 is 11.9 Å². The number of hydrogen-bond donors (Lipinski definition) is 2. The maximum Gasteiger partial charge on any atom is 0.328 e. The SMILES string of the molecule is COC(=O)C(CC(C)C)NC(=O)CCCCCCN. The van der Waals surface area contributed by atoms with Gasteiger partial charge in [0, 0.05) is 6.42 Å². The van der Waals surface area contributed by atoms with Crippen LogP contribution in [0.2, 0.25) is 0 Å². The Morgan fingerprint density at radius 3 is 2.32 bits per heavy atom. The van der Waals surface area contributed by atoms with Crippen molar-refractivity contribution in [1.29, 1.82) is 0 Å². The Kier molecular flexibility index (Phi) is 10.2. The fraction of sp³-hybridized carbons (Fsp3) is 0.857. The number of carbonyl (C=O) groups is 2. The van der Waals surface area contributed by atoms with Gasteiger partial charge in [-0.25, -0.2) is 4.79 Å². The summed E-state index contributed by atoms with van der Waals surface area (Å²) in [5.74, 6) is -0.122. The van der Waals surface area contributed by atoms with Crippen LogP contribution < -0.4 is 11.1 Å². The first-order chi connectivity index (χ1) is 9.01. The second-order valence-corrected chi connectivity index (χ2v) is 5.23. The first-order valence-electron chi connectivity index (χ1n) is 7.08. The average Bonchev–Trinajstić information content (AvgIpc) is 2.36. The van der Waals surface area contributed by atoms with E-state index in [4.69, 9.17) is 10.5 Å². The highest BCUT2D eigenvalue weighted by atomic mass is 16.5. The van der Waals surface area contributed by atoms with Crippen LogP contribution >= 0.6 is 0 Å². The zero-order valence-corrected chi connectivity index (χ0v) is 12.4. The van der Waals surface area contributed by atoms with Crippen LogP contribution in [0.5, 0.6) is 0 Å². The van der Waals surface area contributed by atoms with Crippen LogP contribution in [0.1, 0.15) is 52.4 Å². The van der Waals surface area contributed by atoms with Crippen LogP contribution in [0.3, 0.4) is 0 Å². The van der Waals surface area contributed by atoms with Crippen LogP contribution in [-0.4, -0.2) is 31.6 Å². The summed E-state index contributed by atoms with van der Waals surface area (Å²) in [6.45, 7) is 4.72. The van der Waals surface area contributed by atoms with Crippen molar-refractivity contribution in [2.24, 2.45) is 11.7 Å². The molecule has 0 aliphatic carbocycles. The zero-order valence-electron chi connectivity index (χ0n) is 12.4. The molecule has 19 heavy (non-hydrogen) atoms. The molecule has 0 aliphatic heterocycles. The molecule has 5 heteroatoms. The Morgan fingerprint density at radius 1 is 1.16 bits per heavy atom. The normalized spacial score (nSPS) is 12.3. The lowest BCUT2D eigenvalue weighted by Crippen LogP contribution is -2.42. The summed E-state index contributed by atoms with van der Waals surface area (Å²) in [5, 5.41) is 2.75. The smallest absolute Gasteiger partial charge is 0.328 e. The summed E-state index contributed by atoms with van der Waals surface area (Å²) in [5.41, 5.74) is 5.40. The number of unbranched alkanes of at least 4 members (excludes halogenated alkanes) is 3. The molecular weight excluding hydrogens is 244 g/mol. The third-order valence-corrected chi connectivity index (χ3v) is 2.89. The predicted octanol–water partition coefficient (Wildman–Crippen LogP) is 1.60. The third-order valence-electron chi connectivity index (χ3n) is 2.89. The molecule has 0 heterocycles. The van der Waals surface area contributed by atoms with Gasteiger partial charge in [0.05, 0.1) is 7.11 Å². The number of hydrogen-bond acceptors (Lipinski definition) is 4. The van der Waals surface area contributed by atoms with Crippen molar-refractivity contribution in [3.8, 4) is 0 Å². The zero-order chi connectivity index (χ0) is 14.7. The molecule has 0 aromatic heterocycles. The van der Waals surface area contributed by atoms with E-state index >= 15 is 0 Å². The van der Waals surface area contributed by atoms with Gasteiger partial charge in [-0.3, -0.25) is 4.79 Å². The fourth-order valence-corrected chi connectivity index (χ4v) is 1.88. The lowest BCUT2D eigenvalue weighted by Gasteiger charge is -2.18. The highest BCUT2D eigenvalue weighted by molar-refractivity contribution is 5.84. The second kappa shape index (κ2) is 10.8. The van der Waals surface area contributed by atoms with E-state index in [9.17, 15) is 9.59 Å². The van der Waals surface area contributed by atoms with Crippen molar-refractivity contribution in [3.05, 3.63) is 0 Å².